The predicted molar refractivity (Wildman–Crippen MR) is 133 cm³/mol. The largest absolute Gasteiger partial charge is 0.481 e. The Bertz CT molecular complexity index is 618. The van der Waals surface area contributed by atoms with Crippen molar-refractivity contribution in [2.24, 2.45) is 5.92 Å². The van der Waals surface area contributed by atoms with Gasteiger partial charge >= 0.3 is 11.9 Å². The lowest BCUT2D eigenvalue weighted by molar-refractivity contribution is -0.160. The Morgan fingerprint density at radius 1 is 0.824 bits per heavy atom. The van der Waals surface area contributed by atoms with Crippen LogP contribution in [0.3, 0.4) is 0 Å². The van der Waals surface area contributed by atoms with Gasteiger partial charge in [0.15, 0.2) is 5.66 Å². The first-order chi connectivity index (χ1) is 16.5. The Balaban J connectivity index is 1.63. The van der Waals surface area contributed by atoms with Gasteiger partial charge in [-0.3, -0.25) is 20.2 Å². The Kier molecular flexibility index (Phi) is 13.5. The molecule has 0 bridgehead atoms. The van der Waals surface area contributed by atoms with E-state index < -0.39 is 23.5 Å². The van der Waals surface area contributed by atoms with E-state index in [9.17, 15) is 24.6 Å². The van der Waals surface area contributed by atoms with Crippen molar-refractivity contribution < 1.29 is 24.6 Å². The van der Waals surface area contributed by atoms with Crippen LogP contribution in [0.5, 0.6) is 0 Å². The van der Waals surface area contributed by atoms with Crippen LogP contribution in [-0.2, 0) is 14.4 Å². The van der Waals surface area contributed by atoms with Crippen LogP contribution in [0.15, 0.2) is 0 Å². The number of aliphatic carboxylic acids is 2. The summed E-state index contributed by atoms with van der Waals surface area (Å²) in [5.41, 5.74) is -1.59. The third-order valence-corrected chi connectivity index (χ3v) is 7.44. The zero-order chi connectivity index (χ0) is 24.7. The van der Waals surface area contributed by atoms with Crippen molar-refractivity contribution in [1.29, 1.82) is 0 Å². The molecule has 0 aromatic carbocycles. The van der Waals surface area contributed by atoms with E-state index in [4.69, 9.17) is 0 Å². The van der Waals surface area contributed by atoms with Gasteiger partial charge in [0, 0.05) is 12.5 Å². The van der Waals surface area contributed by atoms with Crippen molar-refractivity contribution in [2.75, 3.05) is 13.1 Å². The van der Waals surface area contributed by atoms with Gasteiger partial charge in [-0.05, 0) is 51.6 Å². The van der Waals surface area contributed by atoms with Gasteiger partial charge in [-0.25, -0.2) is 4.79 Å². The van der Waals surface area contributed by atoms with Crippen LogP contribution >= 0.6 is 0 Å². The molecule has 2 aliphatic rings. The van der Waals surface area contributed by atoms with Crippen molar-refractivity contribution in [1.82, 2.24) is 16.0 Å². The maximum Gasteiger partial charge on any atom is 0.339 e. The number of unbranched alkanes of at least 4 members (excludes halogenated alkanes) is 7. The van der Waals surface area contributed by atoms with E-state index in [2.05, 4.69) is 16.0 Å². The topological polar surface area (TPSA) is 128 Å². The van der Waals surface area contributed by atoms with Crippen molar-refractivity contribution >= 4 is 17.8 Å². The van der Waals surface area contributed by atoms with E-state index >= 15 is 0 Å². The highest BCUT2D eigenvalue weighted by Gasteiger charge is 2.48. The summed E-state index contributed by atoms with van der Waals surface area (Å²) in [7, 11) is 0. The van der Waals surface area contributed by atoms with Gasteiger partial charge in [0.25, 0.3) is 0 Å². The highest BCUT2D eigenvalue weighted by atomic mass is 16.4. The molecule has 2 saturated heterocycles. The molecule has 0 spiro atoms. The van der Waals surface area contributed by atoms with E-state index in [1.54, 1.807) is 0 Å². The van der Waals surface area contributed by atoms with Crippen LogP contribution in [-0.4, -0.2) is 52.9 Å². The van der Waals surface area contributed by atoms with Gasteiger partial charge in [-0.1, -0.05) is 70.6 Å². The number of carboxylic acid groups (broad SMARTS) is 2. The normalized spacial score (nSPS) is 22.5. The average Bonchev–Trinajstić information content (AvgIpc) is 2.92. The summed E-state index contributed by atoms with van der Waals surface area (Å²) >= 11 is 0. The molecule has 0 aromatic rings. The Morgan fingerprint density at radius 3 is 2.00 bits per heavy atom. The molecule has 5 N–H and O–H groups in total. The summed E-state index contributed by atoms with van der Waals surface area (Å²) in [5.74, 6) is -2.96. The molecule has 2 heterocycles. The number of hydrogen-bond donors (Lipinski definition) is 5. The van der Waals surface area contributed by atoms with Crippen LogP contribution < -0.4 is 16.0 Å². The molecular formula is C26H47N3O5. The average molecular weight is 482 g/mol. The molecule has 34 heavy (non-hydrogen) atoms. The van der Waals surface area contributed by atoms with E-state index in [0.29, 0.717) is 32.0 Å². The third-order valence-electron chi connectivity index (χ3n) is 7.44. The molecule has 196 valence electrons. The maximum absolute atomic E-state index is 12.2. The molecule has 0 saturated carbocycles. The van der Waals surface area contributed by atoms with Crippen LogP contribution in [0.25, 0.3) is 0 Å². The van der Waals surface area contributed by atoms with Crippen molar-refractivity contribution in [3.8, 4) is 0 Å². The standard InChI is InChI=1S/C26H47N3O5/c30-23-18-12-11-16-21(29-23)15-9-5-3-1-2-4-6-10-17-22(24(31)32)26(25(33)34)27-19-13-7-8-14-20-28-26/h21-22,27-28H,1-20H2,(H,29,30)(H,31,32)(H,33,34). The van der Waals surface area contributed by atoms with E-state index in [1.807, 2.05) is 0 Å². The van der Waals surface area contributed by atoms with Gasteiger partial charge in [-0.15, -0.1) is 0 Å². The summed E-state index contributed by atoms with van der Waals surface area (Å²) in [5, 5.41) is 29.1. The molecule has 1 amide bonds. The second-order valence-electron chi connectivity index (χ2n) is 10.2. The van der Waals surface area contributed by atoms with Gasteiger partial charge < -0.3 is 15.5 Å². The number of carbonyl (C=O) groups is 3. The molecule has 0 radical (unpaired) electrons. The first kappa shape index (κ1) is 28.6. The monoisotopic (exact) mass is 481 g/mol. The van der Waals surface area contributed by atoms with E-state index in [0.717, 1.165) is 83.5 Å². The lowest BCUT2D eigenvalue weighted by atomic mass is 9.86. The molecule has 8 heteroatoms. The number of rotatable bonds is 14. The summed E-state index contributed by atoms with van der Waals surface area (Å²) in [6.45, 7) is 1.02. The van der Waals surface area contributed by atoms with Gasteiger partial charge in [0.2, 0.25) is 5.91 Å². The summed E-state index contributed by atoms with van der Waals surface area (Å²) < 4.78 is 0. The second-order valence-corrected chi connectivity index (χ2v) is 10.2. The van der Waals surface area contributed by atoms with E-state index in [1.165, 1.54) is 19.3 Å². The predicted octanol–water partition coefficient (Wildman–Crippen LogP) is 4.18. The summed E-state index contributed by atoms with van der Waals surface area (Å²) in [6, 6.07) is 0.359. The molecular weight excluding hydrogens is 434 g/mol. The van der Waals surface area contributed by atoms with Crippen LogP contribution in [0, 0.1) is 5.92 Å². The molecule has 0 aromatic heterocycles. The zero-order valence-corrected chi connectivity index (χ0v) is 20.9. The summed E-state index contributed by atoms with van der Waals surface area (Å²) in [4.78, 5) is 35.9. The third kappa shape index (κ3) is 9.90. The first-order valence-electron chi connectivity index (χ1n) is 13.7. The van der Waals surface area contributed by atoms with Gasteiger partial charge in [-0.2, -0.15) is 0 Å². The first-order valence-corrected chi connectivity index (χ1v) is 13.7. The Hall–Kier alpha value is -1.67. The number of amides is 1. The number of carboxylic acids is 2. The second kappa shape index (κ2) is 16.1. The van der Waals surface area contributed by atoms with Gasteiger partial charge in [0.1, 0.15) is 0 Å². The minimum absolute atomic E-state index is 0.207. The Labute approximate surface area is 205 Å². The SMILES string of the molecule is O=C1CCCCC(CCCCCCCCCCC(C(=O)O)C2(C(=O)O)NCCCCCCN2)N1. The Morgan fingerprint density at radius 2 is 1.41 bits per heavy atom. The molecule has 2 aliphatic heterocycles. The molecule has 8 nitrogen and oxygen atoms in total. The van der Waals surface area contributed by atoms with Crippen LogP contribution in [0.1, 0.15) is 116 Å². The number of nitrogens with one attached hydrogen (secondary N) is 3. The summed E-state index contributed by atoms with van der Waals surface area (Å²) in [6.07, 6.45) is 17.7. The molecule has 2 rings (SSSR count). The maximum atomic E-state index is 12.2. The van der Waals surface area contributed by atoms with Gasteiger partial charge in [0.05, 0.1) is 5.92 Å². The lowest BCUT2D eigenvalue weighted by Crippen LogP contribution is -2.68. The van der Waals surface area contributed by atoms with E-state index in [-0.39, 0.29) is 5.91 Å². The van der Waals surface area contributed by atoms with Crippen molar-refractivity contribution in [3.05, 3.63) is 0 Å². The highest BCUT2D eigenvalue weighted by Crippen LogP contribution is 2.25. The fraction of sp³-hybridized carbons (Fsp3) is 0.885. The van der Waals surface area contributed by atoms with Crippen LogP contribution in [0.4, 0.5) is 0 Å². The molecule has 2 atom stereocenters. The molecule has 2 unspecified atom stereocenters. The van der Waals surface area contributed by atoms with Crippen molar-refractivity contribution in [3.63, 3.8) is 0 Å². The fourth-order valence-corrected chi connectivity index (χ4v) is 5.37. The number of hydrogen-bond acceptors (Lipinski definition) is 5. The lowest BCUT2D eigenvalue weighted by Gasteiger charge is -2.36. The highest BCUT2D eigenvalue weighted by molar-refractivity contribution is 5.86. The molecule has 0 aliphatic carbocycles. The molecule has 2 fully saturated rings. The zero-order valence-electron chi connectivity index (χ0n) is 20.9. The van der Waals surface area contributed by atoms with Crippen LogP contribution in [0.2, 0.25) is 0 Å². The minimum Gasteiger partial charge on any atom is -0.481 e. The number of carbonyl (C=O) groups excluding carboxylic acids is 1. The fourth-order valence-electron chi connectivity index (χ4n) is 5.37. The van der Waals surface area contributed by atoms with Crippen molar-refractivity contribution in [2.45, 2.75) is 127 Å². The quantitative estimate of drug-likeness (QED) is 0.235. The minimum atomic E-state index is -1.59. The smallest absolute Gasteiger partial charge is 0.339 e.